The second-order valence-corrected chi connectivity index (χ2v) is 7.05. The van der Waals surface area contributed by atoms with Crippen molar-refractivity contribution < 1.29 is 13.9 Å². The van der Waals surface area contributed by atoms with Crippen LogP contribution >= 0.6 is 0 Å². The molecule has 5 nitrogen and oxygen atoms in total. The van der Waals surface area contributed by atoms with Crippen molar-refractivity contribution in [2.45, 2.75) is 18.9 Å². The van der Waals surface area contributed by atoms with Crippen LogP contribution in [0.3, 0.4) is 0 Å². The highest BCUT2D eigenvalue weighted by atomic mass is 19.1. The average Bonchev–Trinajstić information content (AvgIpc) is 3.27. The van der Waals surface area contributed by atoms with Crippen molar-refractivity contribution in [3.63, 3.8) is 0 Å². The molecule has 1 aromatic heterocycles. The van der Waals surface area contributed by atoms with Crippen molar-refractivity contribution >= 4 is 5.69 Å². The van der Waals surface area contributed by atoms with E-state index in [9.17, 15) is 4.39 Å². The molecule has 150 valence electrons. The molecule has 2 heterocycles. The van der Waals surface area contributed by atoms with Crippen LogP contribution in [0.15, 0.2) is 60.9 Å². The highest BCUT2D eigenvalue weighted by molar-refractivity contribution is 5.71. The van der Waals surface area contributed by atoms with E-state index in [1.165, 1.54) is 18.7 Å². The molecule has 6 heteroatoms. The van der Waals surface area contributed by atoms with E-state index in [1.54, 1.807) is 13.3 Å². The number of hydrogen-bond donors (Lipinski definition) is 2. The van der Waals surface area contributed by atoms with E-state index >= 15 is 0 Å². The summed E-state index contributed by atoms with van der Waals surface area (Å²) in [7, 11) is 1.63. The minimum atomic E-state index is -0.366. The van der Waals surface area contributed by atoms with Crippen molar-refractivity contribution in [1.29, 1.82) is 0 Å². The molecule has 29 heavy (non-hydrogen) atoms. The van der Waals surface area contributed by atoms with E-state index in [2.05, 4.69) is 15.6 Å². The molecule has 0 aliphatic carbocycles. The summed E-state index contributed by atoms with van der Waals surface area (Å²) in [5.41, 5.74) is 2.43. The maximum absolute atomic E-state index is 13.6. The summed E-state index contributed by atoms with van der Waals surface area (Å²) in [6.45, 7) is 1.88. The Balaban J connectivity index is 1.61. The lowest BCUT2D eigenvalue weighted by molar-refractivity contribution is 0.413. The smallest absolute Gasteiger partial charge is 0.151 e. The van der Waals surface area contributed by atoms with Gasteiger partial charge in [0.05, 0.1) is 19.0 Å². The lowest BCUT2D eigenvalue weighted by atomic mass is 10.1. The van der Waals surface area contributed by atoms with Gasteiger partial charge in [-0.15, -0.1) is 0 Å². The summed E-state index contributed by atoms with van der Waals surface area (Å²) in [6.07, 6.45) is 5.20. The number of methoxy groups -OCH3 is 1. The number of hydrogen-bond acceptors (Lipinski definition) is 5. The first kappa shape index (κ1) is 19.2. The quantitative estimate of drug-likeness (QED) is 0.601. The van der Waals surface area contributed by atoms with Gasteiger partial charge in [0, 0.05) is 24.3 Å². The molecular weight excluding hydrogens is 369 g/mol. The van der Waals surface area contributed by atoms with Crippen LogP contribution < -0.4 is 20.1 Å². The lowest BCUT2D eigenvalue weighted by Gasteiger charge is -2.17. The summed E-state index contributed by atoms with van der Waals surface area (Å²) in [5.74, 6) is 1.77. The second-order valence-electron chi connectivity index (χ2n) is 7.05. The predicted molar refractivity (Wildman–Crippen MR) is 112 cm³/mol. The third-order valence-corrected chi connectivity index (χ3v) is 5.01. The molecule has 1 saturated heterocycles. The summed E-state index contributed by atoms with van der Waals surface area (Å²) in [4.78, 5) is 3.95. The van der Waals surface area contributed by atoms with Gasteiger partial charge >= 0.3 is 0 Å². The highest BCUT2D eigenvalue weighted by Crippen LogP contribution is 2.35. The maximum Gasteiger partial charge on any atom is 0.151 e. The second kappa shape index (κ2) is 8.92. The zero-order valence-electron chi connectivity index (χ0n) is 16.3. The van der Waals surface area contributed by atoms with Crippen LogP contribution in [0.5, 0.6) is 17.2 Å². The SMILES string of the molecule is COc1ccc(Oc2cc(-c3cncc(F)c3)ccc2NC[C@@H]2CCCN2)cc1. The van der Waals surface area contributed by atoms with Crippen molar-refractivity contribution in [2.24, 2.45) is 0 Å². The van der Waals surface area contributed by atoms with Crippen molar-refractivity contribution in [1.82, 2.24) is 10.3 Å². The van der Waals surface area contributed by atoms with Gasteiger partial charge in [-0.05, 0) is 67.4 Å². The van der Waals surface area contributed by atoms with Crippen molar-refractivity contribution in [3.05, 3.63) is 66.7 Å². The molecule has 1 atom stereocenters. The topological polar surface area (TPSA) is 55.4 Å². The number of pyridine rings is 1. The van der Waals surface area contributed by atoms with Crippen LogP contribution in [-0.2, 0) is 0 Å². The molecule has 1 aliphatic heterocycles. The molecule has 2 aromatic carbocycles. The molecule has 1 aliphatic rings. The van der Waals surface area contributed by atoms with Gasteiger partial charge < -0.3 is 20.1 Å². The van der Waals surface area contributed by atoms with Crippen LogP contribution in [0.4, 0.5) is 10.1 Å². The summed E-state index contributed by atoms with van der Waals surface area (Å²) in [6, 6.07) is 15.2. The zero-order chi connectivity index (χ0) is 20.1. The lowest BCUT2D eigenvalue weighted by Crippen LogP contribution is -2.29. The molecule has 3 aromatic rings. The molecule has 0 bridgehead atoms. The summed E-state index contributed by atoms with van der Waals surface area (Å²) in [5, 5.41) is 6.97. The molecule has 0 radical (unpaired) electrons. The molecular formula is C23H24FN3O2. The Morgan fingerprint density at radius 3 is 2.62 bits per heavy atom. The van der Waals surface area contributed by atoms with Gasteiger partial charge in [0.15, 0.2) is 5.75 Å². The van der Waals surface area contributed by atoms with E-state index in [0.717, 1.165) is 36.5 Å². The number of nitrogens with zero attached hydrogens (tertiary/aromatic N) is 1. The van der Waals surface area contributed by atoms with Crippen LogP contribution in [0.25, 0.3) is 11.1 Å². The fraction of sp³-hybridized carbons (Fsp3) is 0.261. The number of aromatic nitrogens is 1. The number of anilines is 1. The number of nitrogens with one attached hydrogen (secondary N) is 2. The summed E-state index contributed by atoms with van der Waals surface area (Å²) >= 11 is 0. The Morgan fingerprint density at radius 1 is 1.07 bits per heavy atom. The summed E-state index contributed by atoms with van der Waals surface area (Å²) < 4.78 is 25.0. The van der Waals surface area contributed by atoms with E-state index in [4.69, 9.17) is 9.47 Å². The van der Waals surface area contributed by atoms with Gasteiger partial charge in [-0.3, -0.25) is 4.98 Å². The third-order valence-electron chi connectivity index (χ3n) is 5.01. The Labute approximate surface area is 169 Å². The number of rotatable bonds is 7. The predicted octanol–water partition coefficient (Wildman–Crippen LogP) is 4.85. The van der Waals surface area contributed by atoms with Gasteiger partial charge in [-0.2, -0.15) is 0 Å². The monoisotopic (exact) mass is 393 g/mol. The average molecular weight is 393 g/mol. The molecule has 0 unspecified atom stereocenters. The van der Waals surface area contributed by atoms with E-state index in [1.807, 2.05) is 42.5 Å². The number of ether oxygens (including phenoxy) is 2. The van der Waals surface area contributed by atoms with Crippen molar-refractivity contribution in [2.75, 3.05) is 25.5 Å². The third kappa shape index (κ3) is 4.84. The van der Waals surface area contributed by atoms with Crippen molar-refractivity contribution in [3.8, 4) is 28.4 Å². The van der Waals surface area contributed by atoms with Crippen LogP contribution in [0.1, 0.15) is 12.8 Å². The Hall–Kier alpha value is -3.12. The maximum atomic E-state index is 13.6. The number of halogens is 1. The Bertz CT molecular complexity index is 957. The van der Waals surface area contributed by atoms with E-state index in [0.29, 0.717) is 23.1 Å². The van der Waals surface area contributed by atoms with Gasteiger partial charge in [0.1, 0.15) is 17.3 Å². The first-order valence-corrected chi connectivity index (χ1v) is 9.75. The fourth-order valence-corrected chi connectivity index (χ4v) is 3.44. The van der Waals surface area contributed by atoms with Crippen LogP contribution in [0, 0.1) is 5.82 Å². The normalized spacial score (nSPS) is 15.9. The minimum absolute atomic E-state index is 0.366. The first-order chi connectivity index (χ1) is 14.2. The largest absolute Gasteiger partial charge is 0.497 e. The molecule has 0 spiro atoms. The minimum Gasteiger partial charge on any atom is -0.497 e. The fourth-order valence-electron chi connectivity index (χ4n) is 3.44. The van der Waals surface area contributed by atoms with Gasteiger partial charge in [-0.25, -0.2) is 4.39 Å². The standard InChI is InChI=1S/C23H24FN3O2/c1-28-20-5-7-21(8-6-20)29-23-12-16(17-11-18(24)14-25-13-17)4-9-22(23)27-15-19-3-2-10-26-19/h4-9,11-14,19,26-27H,2-3,10,15H2,1H3/t19-/m0/s1. The highest BCUT2D eigenvalue weighted by Gasteiger charge is 2.15. The van der Waals surface area contributed by atoms with Crippen LogP contribution in [-0.4, -0.2) is 31.2 Å². The zero-order valence-corrected chi connectivity index (χ0v) is 16.3. The van der Waals surface area contributed by atoms with Gasteiger partial charge in [0.2, 0.25) is 0 Å². The number of benzene rings is 2. The molecule has 0 saturated carbocycles. The van der Waals surface area contributed by atoms with Gasteiger partial charge in [-0.1, -0.05) is 6.07 Å². The Morgan fingerprint density at radius 2 is 1.90 bits per heavy atom. The molecule has 0 amide bonds. The first-order valence-electron chi connectivity index (χ1n) is 9.75. The van der Waals surface area contributed by atoms with E-state index < -0.39 is 0 Å². The van der Waals surface area contributed by atoms with E-state index in [-0.39, 0.29) is 5.82 Å². The molecule has 2 N–H and O–H groups in total. The van der Waals surface area contributed by atoms with Gasteiger partial charge in [0.25, 0.3) is 0 Å². The Kier molecular flexibility index (Phi) is 5.91. The molecule has 1 fully saturated rings. The molecule has 4 rings (SSSR count). The van der Waals surface area contributed by atoms with Crippen LogP contribution in [0.2, 0.25) is 0 Å².